The number of hydrogen-bond acceptors (Lipinski definition) is 6. The van der Waals surface area contributed by atoms with E-state index < -0.39 is 16.8 Å². The van der Waals surface area contributed by atoms with Gasteiger partial charge < -0.3 is 25.1 Å². The number of aromatic carboxylic acids is 1. The number of aromatic amines is 2. The number of carboxylic acid groups (broad SMARTS) is 1. The number of fused-ring (bicyclic) bond motifs is 10. The van der Waals surface area contributed by atoms with Crippen molar-refractivity contribution >= 4 is 75.2 Å². The van der Waals surface area contributed by atoms with E-state index in [2.05, 4.69) is 263 Å². The monoisotopic (exact) mass is 1430 g/mol. The van der Waals surface area contributed by atoms with Gasteiger partial charge in [0.25, 0.3) is 0 Å². The van der Waals surface area contributed by atoms with Gasteiger partial charge in [-0.2, -0.15) is 4.58 Å². The van der Waals surface area contributed by atoms with Crippen LogP contribution in [0.5, 0.6) is 0 Å². The third-order valence-corrected chi connectivity index (χ3v) is 23.1. The lowest BCUT2D eigenvalue weighted by Crippen LogP contribution is -2.32. The lowest BCUT2D eigenvalue weighted by atomic mass is 9.77. The molecule has 0 spiro atoms. The van der Waals surface area contributed by atoms with Gasteiger partial charge in [-0.25, -0.2) is 14.8 Å². The van der Waals surface area contributed by atoms with Crippen molar-refractivity contribution in [3.63, 3.8) is 0 Å². The molecule has 0 amide bonds. The Hall–Kier alpha value is -10.9. The maximum Gasteiger partial charge on any atom is 0.335 e. The minimum Gasteiger partial charge on any atom is -0.506 e. The number of ketones is 1. The average Bonchev–Trinajstić information content (AvgIpc) is 1.55. The predicted octanol–water partition coefficient (Wildman–Crippen LogP) is 24.3. The molecule has 3 aromatic heterocycles. The first-order chi connectivity index (χ1) is 51.8. The Morgan fingerprint density at radius 3 is 1.42 bits per heavy atom. The lowest BCUT2D eigenvalue weighted by molar-refractivity contribution is -0.438. The first-order valence-corrected chi connectivity index (χ1v) is 39.2. The zero-order valence-electron chi connectivity index (χ0n) is 65.9. The van der Waals surface area contributed by atoms with Crippen molar-refractivity contribution < 1.29 is 24.4 Å². The van der Waals surface area contributed by atoms with E-state index in [0.29, 0.717) is 5.57 Å². The summed E-state index contributed by atoms with van der Waals surface area (Å²) in [6.45, 7) is 34.3. The van der Waals surface area contributed by atoms with Gasteiger partial charge in [-0.1, -0.05) is 163 Å². The number of aromatic nitrogens is 4. The van der Waals surface area contributed by atoms with Crippen molar-refractivity contribution in [3.05, 3.63) is 257 Å². The summed E-state index contributed by atoms with van der Waals surface area (Å²) in [5.74, 6) is 5.94. The number of H-pyrrole nitrogens is 2. The molecule has 9 aromatic rings. The summed E-state index contributed by atoms with van der Waals surface area (Å²) in [6.07, 6.45) is 26.1. The van der Waals surface area contributed by atoms with Crippen LogP contribution < -0.4 is 4.90 Å². The number of aliphatic hydroxyl groups is 1. The molecule has 548 valence electrons. The molecule has 8 bridgehead atoms. The summed E-state index contributed by atoms with van der Waals surface area (Å²) in [5.41, 5.74) is 33.8. The van der Waals surface area contributed by atoms with Gasteiger partial charge in [0.1, 0.15) is 12.3 Å². The standard InChI is InChI=1S/C98H102N6O4/c1-16-18-20-22-24-26-46-103-83-44-32-68(54-73(83)97(12,13)85(103)56-71-94(105)72(95(71)106)57-86-98(14,15)74-55-70(96(107)108)35-45-84(74)104(86)47-27-25-23-21-19-17-2)29-28-67-30-33-69(34-31-67)90-75-36-38-77(99-75)91(87-61(6)48-58(3)49-62(87)7)79-40-42-81(101-79)93(89-65(10)52-60(5)53-66(89)11)82-43-41-80(102-82)92(78-39-37-76(90)100-78)88-63(8)50-59(4)51-64(88)9/h30-45,48-57H,16-27,46-47H2,1-15H3,(H3,105,106,107,108)/p+1/b86-57+,90-75?,90-76?,91-77?,91-79?,92-78?,92-80?,93-81?,93-82?. The highest BCUT2D eigenvalue weighted by atomic mass is 16.4. The maximum absolute atomic E-state index is 14.7. The number of allylic oxidation sites excluding steroid dienone is 5. The van der Waals surface area contributed by atoms with Crippen molar-refractivity contribution in [1.29, 1.82) is 0 Å². The molecule has 14 rings (SSSR count). The average molecular weight is 1430 g/mol. The number of carbonyl (C=O) groups is 2. The molecule has 10 nitrogen and oxygen atoms in total. The van der Waals surface area contributed by atoms with Gasteiger partial charge in [-0.05, 0) is 247 Å². The largest absolute Gasteiger partial charge is 0.506 e. The first-order valence-electron chi connectivity index (χ1n) is 39.2. The van der Waals surface area contributed by atoms with E-state index in [9.17, 15) is 19.8 Å². The molecule has 4 aliphatic heterocycles. The van der Waals surface area contributed by atoms with E-state index >= 15 is 0 Å². The molecule has 0 saturated heterocycles. The van der Waals surface area contributed by atoms with Crippen LogP contribution in [0.3, 0.4) is 0 Å². The molecule has 0 fully saturated rings. The number of aliphatic hydroxyl groups excluding tert-OH is 1. The van der Waals surface area contributed by atoms with E-state index in [1.54, 1.807) is 12.1 Å². The van der Waals surface area contributed by atoms with Crippen molar-refractivity contribution in [2.24, 2.45) is 0 Å². The number of Topliss-reactive ketones (excluding diaryl/α,β-unsaturated/α-hetero) is 1. The molecule has 0 unspecified atom stereocenters. The Kier molecular flexibility index (Phi) is 20.6. The number of carbonyl (C=O) groups excluding carboxylic acids is 1. The van der Waals surface area contributed by atoms with Crippen LogP contribution in [0.4, 0.5) is 11.4 Å². The van der Waals surface area contributed by atoms with Crippen LogP contribution in [0.15, 0.2) is 156 Å². The van der Waals surface area contributed by atoms with Gasteiger partial charge in [-0.3, -0.25) is 4.79 Å². The minimum atomic E-state index is -0.978. The van der Waals surface area contributed by atoms with E-state index in [1.165, 1.54) is 94.2 Å². The summed E-state index contributed by atoms with van der Waals surface area (Å²) in [7, 11) is 0. The molecule has 1 aliphatic carbocycles. The van der Waals surface area contributed by atoms with Gasteiger partial charge in [-0.15, -0.1) is 0 Å². The summed E-state index contributed by atoms with van der Waals surface area (Å²) in [5, 5.41) is 22.2. The number of benzene rings is 6. The molecule has 5 aliphatic rings. The maximum atomic E-state index is 14.7. The minimum absolute atomic E-state index is 0.0148. The van der Waals surface area contributed by atoms with Crippen molar-refractivity contribution in [2.45, 2.75) is 192 Å². The molecule has 4 N–H and O–H groups in total. The third kappa shape index (κ3) is 13.9. The van der Waals surface area contributed by atoms with Gasteiger partial charge in [0.05, 0.1) is 44.9 Å². The van der Waals surface area contributed by atoms with Crippen LogP contribution in [0.1, 0.15) is 224 Å². The summed E-state index contributed by atoms with van der Waals surface area (Å²) in [6, 6.07) is 42.9. The Balaban J connectivity index is 0.852. The third-order valence-electron chi connectivity index (χ3n) is 23.1. The van der Waals surface area contributed by atoms with Crippen LogP contribution in [-0.4, -0.2) is 65.3 Å². The highest BCUT2D eigenvalue weighted by Gasteiger charge is 2.48. The number of aryl methyl sites for hydroxylation is 9. The SMILES string of the molecule is CCCCCCCCN1/C(=C/C2=C(O)C(=C/C3=[N+](CCCCCCCC)c4ccc(C#Cc5ccc(-c6c7nc(c(-c8c(C)cc(C)cc8C)c8ccc([nH]8)c(-c8c(C)cc(C)cc8C)c8nc(c(-c9c(C)cc(C)cc9C)c9ccc6[nH]9)C=C8)C=C7)cc5)cc4C3(C)C)/C2=O)C(C)(C)c2cc(C(=O)O)ccc21. The highest BCUT2D eigenvalue weighted by molar-refractivity contribution is 6.24. The Labute approximate surface area is 638 Å². The second kappa shape index (κ2) is 30.0. The fourth-order valence-corrected chi connectivity index (χ4v) is 17.9. The van der Waals surface area contributed by atoms with Crippen LogP contribution >= 0.6 is 0 Å². The van der Waals surface area contributed by atoms with Crippen LogP contribution in [0.2, 0.25) is 0 Å². The van der Waals surface area contributed by atoms with Crippen LogP contribution in [-0.2, 0) is 15.6 Å². The number of nitrogens with zero attached hydrogens (tertiary/aromatic N) is 4. The number of anilines is 1. The van der Waals surface area contributed by atoms with E-state index in [0.717, 1.165) is 180 Å². The molecule has 6 aromatic carbocycles. The molecule has 0 radical (unpaired) electrons. The predicted molar refractivity (Wildman–Crippen MR) is 450 cm³/mol. The molecule has 7 heterocycles. The number of hydrogen-bond donors (Lipinski definition) is 4. The smallest absolute Gasteiger partial charge is 0.335 e. The molecule has 10 heteroatoms. The number of nitrogens with one attached hydrogen (secondary N) is 2. The molecule has 0 saturated carbocycles. The number of carboxylic acids is 1. The van der Waals surface area contributed by atoms with E-state index in [1.807, 2.05) is 18.2 Å². The van der Waals surface area contributed by atoms with Gasteiger partial charge >= 0.3 is 5.97 Å². The zero-order chi connectivity index (χ0) is 76.2. The Bertz CT molecular complexity index is 5530. The first kappa shape index (κ1) is 74.0. The van der Waals surface area contributed by atoms with Crippen molar-refractivity contribution in [3.8, 4) is 56.3 Å². The van der Waals surface area contributed by atoms with Crippen molar-refractivity contribution in [1.82, 2.24) is 19.9 Å². The molecular formula is C98H103N6O4+. The van der Waals surface area contributed by atoms with Crippen LogP contribution in [0, 0.1) is 74.2 Å². The topological polar surface area (TPSA) is 138 Å². The second-order valence-electron chi connectivity index (χ2n) is 32.1. The van der Waals surface area contributed by atoms with Gasteiger partial charge in [0.2, 0.25) is 11.5 Å². The molecular weight excluding hydrogens is 1330 g/mol. The summed E-state index contributed by atoms with van der Waals surface area (Å²) < 4.78 is 2.37. The van der Waals surface area contributed by atoms with Gasteiger partial charge in [0.15, 0.2) is 5.71 Å². The van der Waals surface area contributed by atoms with Crippen LogP contribution in [0.25, 0.3) is 90.9 Å². The number of rotatable bonds is 21. The van der Waals surface area contributed by atoms with Gasteiger partial charge in [0, 0.05) is 103 Å². The van der Waals surface area contributed by atoms with E-state index in [4.69, 9.17) is 9.97 Å². The highest BCUT2D eigenvalue weighted by Crippen LogP contribution is 2.51. The molecule has 0 atom stereocenters. The second-order valence-corrected chi connectivity index (χ2v) is 32.1. The zero-order valence-corrected chi connectivity index (χ0v) is 65.9. The fourth-order valence-electron chi connectivity index (χ4n) is 17.9. The lowest BCUT2D eigenvalue weighted by Gasteiger charge is -2.29. The Morgan fingerprint density at radius 1 is 0.491 bits per heavy atom. The summed E-state index contributed by atoms with van der Waals surface area (Å²) >= 11 is 0. The normalized spacial score (nSPS) is 15.4. The quantitative estimate of drug-likeness (QED) is 0.0243. The Morgan fingerprint density at radius 2 is 0.935 bits per heavy atom. The fraction of sp³-hybridized carbons (Fsp3) is 0.316. The van der Waals surface area contributed by atoms with Crippen molar-refractivity contribution in [2.75, 3.05) is 18.0 Å². The summed E-state index contributed by atoms with van der Waals surface area (Å²) in [4.78, 5) is 48.7. The van der Waals surface area contributed by atoms with E-state index in [-0.39, 0.29) is 22.7 Å². The number of unbranched alkanes of at least 4 members (excludes halogenated alkanes) is 10. The molecule has 108 heavy (non-hydrogen) atoms.